The number of pyridine rings is 1. The van der Waals surface area contributed by atoms with Crippen molar-refractivity contribution in [2.75, 3.05) is 5.32 Å². The minimum Gasteiger partial charge on any atom is -0.383 e. The van der Waals surface area contributed by atoms with E-state index in [9.17, 15) is 0 Å². The summed E-state index contributed by atoms with van der Waals surface area (Å²) in [5, 5.41) is 3.30. The Morgan fingerprint density at radius 3 is 2.82 bits per heavy atom. The first-order valence-electron chi connectivity index (χ1n) is 3.56. The molecule has 0 bridgehead atoms. The van der Waals surface area contributed by atoms with E-state index in [1.807, 2.05) is 18.3 Å². The zero-order chi connectivity index (χ0) is 8.27. The Morgan fingerprint density at radius 2 is 2.27 bits per heavy atom. The molecule has 0 saturated carbocycles. The van der Waals surface area contributed by atoms with E-state index in [1.54, 1.807) is 0 Å². The highest BCUT2D eigenvalue weighted by Crippen LogP contribution is 2.10. The molecule has 0 amide bonds. The van der Waals surface area contributed by atoms with Crippen LogP contribution in [0.4, 0.5) is 5.69 Å². The Hall–Kier alpha value is -0.320. The molecule has 0 aromatic carbocycles. The molecule has 11 heavy (non-hydrogen) atoms. The maximum Gasteiger partial charge on any atom is 0.103 e. The van der Waals surface area contributed by atoms with Gasteiger partial charge in [-0.1, -0.05) is 0 Å². The van der Waals surface area contributed by atoms with Crippen LogP contribution >= 0.6 is 22.6 Å². The number of nitrogens with one attached hydrogen (secondary N) is 1. The van der Waals surface area contributed by atoms with Crippen molar-refractivity contribution in [3.05, 3.63) is 22.0 Å². The monoisotopic (exact) mass is 262 g/mol. The number of aromatic nitrogens is 1. The first-order valence-corrected chi connectivity index (χ1v) is 4.64. The highest BCUT2D eigenvalue weighted by atomic mass is 127. The molecule has 2 nitrogen and oxygen atoms in total. The summed E-state index contributed by atoms with van der Waals surface area (Å²) in [5.41, 5.74) is 1.14. The van der Waals surface area contributed by atoms with Crippen LogP contribution in [-0.4, -0.2) is 11.0 Å². The summed E-state index contributed by atoms with van der Waals surface area (Å²) < 4.78 is 1.02. The molecule has 0 aliphatic heterocycles. The van der Waals surface area contributed by atoms with Gasteiger partial charge < -0.3 is 5.32 Å². The van der Waals surface area contributed by atoms with Gasteiger partial charge in [-0.15, -0.1) is 0 Å². The zero-order valence-corrected chi connectivity index (χ0v) is 8.79. The van der Waals surface area contributed by atoms with Crippen molar-refractivity contribution in [1.29, 1.82) is 0 Å². The Kier molecular flexibility index (Phi) is 3.11. The maximum absolute atomic E-state index is 4.09. The van der Waals surface area contributed by atoms with Gasteiger partial charge in [0, 0.05) is 17.9 Å². The first-order chi connectivity index (χ1) is 5.18. The van der Waals surface area contributed by atoms with Gasteiger partial charge >= 0.3 is 0 Å². The lowest BCUT2D eigenvalue weighted by molar-refractivity contribution is 0.898. The van der Waals surface area contributed by atoms with Gasteiger partial charge in [-0.05, 0) is 48.6 Å². The molecule has 1 N–H and O–H groups in total. The number of anilines is 1. The van der Waals surface area contributed by atoms with Gasteiger partial charge in [-0.3, -0.25) is 4.98 Å². The summed E-state index contributed by atoms with van der Waals surface area (Å²) in [5.74, 6) is 0. The number of hydrogen-bond acceptors (Lipinski definition) is 2. The van der Waals surface area contributed by atoms with E-state index in [2.05, 4.69) is 46.7 Å². The lowest BCUT2D eigenvalue weighted by Gasteiger charge is -2.08. The van der Waals surface area contributed by atoms with Gasteiger partial charge in [0.15, 0.2) is 0 Å². The molecular weight excluding hydrogens is 251 g/mol. The van der Waals surface area contributed by atoms with Crippen molar-refractivity contribution in [3.63, 3.8) is 0 Å². The summed E-state index contributed by atoms with van der Waals surface area (Å²) in [4.78, 5) is 4.09. The van der Waals surface area contributed by atoms with E-state index >= 15 is 0 Å². The highest BCUT2D eigenvalue weighted by molar-refractivity contribution is 14.1. The Balaban J connectivity index is 2.71. The second kappa shape index (κ2) is 3.90. The molecule has 60 valence electrons. The topological polar surface area (TPSA) is 24.9 Å². The third-order valence-electron chi connectivity index (χ3n) is 1.18. The van der Waals surface area contributed by atoms with Crippen LogP contribution in [0, 0.1) is 3.70 Å². The summed E-state index contributed by atoms with van der Waals surface area (Å²) >= 11 is 2.20. The zero-order valence-electron chi connectivity index (χ0n) is 6.63. The van der Waals surface area contributed by atoms with Crippen molar-refractivity contribution < 1.29 is 0 Å². The van der Waals surface area contributed by atoms with Gasteiger partial charge in [-0.2, -0.15) is 0 Å². The van der Waals surface area contributed by atoms with E-state index in [0.717, 1.165) is 9.39 Å². The molecule has 0 saturated heterocycles. The fraction of sp³-hybridized carbons (Fsp3) is 0.375. The van der Waals surface area contributed by atoms with Gasteiger partial charge in [0.2, 0.25) is 0 Å². The predicted molar refractivity (Wildman–Crippen MR) is 55.7 cm³/mol. The standard InChI is InChI=1S/C8H11IN2/c1-6(2)11-7-3-4-10-8(9)5-7/h3-6H,1-2H3,(H,10,11). The maximum atomic E-state index is 4.09. The highest BCUT2D eigenvalue weighted by Gasteiger charge is 1.94. The summed E-state index contributed by atoms with van der Waals surface area (Å²) in [6.45, 7) is 4.24. The molecule has 1 rings (SSSR count). The Morgan fingerprint density at radius 1 is 1.55 bits per heavy atom. The molecule has 3 heteroatoms. The van der Waals surface area contributed by atoms with E-state index in [1.165, 1.54) is 0 Å². The van der Waals surface area contributed by atoms with Crippen molar-refractivity contribution in [2.24, 2.45) is 0 Å². The van der Waals surface area contributed by atoms with Crippen molar-refractivity contribution in [1.82, 2.24) is 4.98 Å². The molecule has 0 unspecified atom stereocenters. The molecule has 0 fully saturated rings. The average Bonchev–Trinajstić information content (AvgIpc) is 1.85. The first kappa shape index (κ1) is 8.77. The largest absolute Gasteiger partial charge is 0.383 e. The lowest BCUT2D eigenvalue weighted by atomic mass is 10.3. The molecule has 1 aromatic heterocycles. The van der Waals surface area contributed by atoms with Crippen LogP contribution in [0.5, 0.6) is 0 Å². The van der Waals surface area contributed by atoms with E-state index in [0.29, 0.717) is 6.04 Å². The normalized spacial score (nSPS) is 10.2. The Bertz CT molecular complexity index is 235. The van der Waals surface area contributed by atoms with Crippen LogP contribution in [-0.2, 0) is 0 Å². The summed E-state index contributed by atoms with van der Waals surface area (Å²) in [6, 6.07) is 4.48. The summed E-state index contributed by atoms with van der Waals surface area (Å²) in [6.07, 6.45) is 1.81. The van der Waals surface area contributed by atoms with Crippen LogP contribution in [0.1, 0.15) is 13.8 Å². The smallest absolute Gasteiger partial charge is 0.103 e. The quantitative estimate of drug-likeness (QED) is 0.654. The van der Waals surface area contributed by atoms with E-state index in [-0.39, 0.29) is 0 Å². The van der Waals surface area contributed by atoms with Crippen LogP contribution in [0.3, 0.4) is 0 Å². The van der Waals surface area contributed by atoms with Crippen LogP contribution in [0.15, 0.2) is 18.3 Å². The molecule has 0 aliphatic carbocycles. The van der Waals surface area contributed by atoms with Gasteiger partial charge in [-0.25, -0.2) is 0 Å². The second-order valence-corrected chi connectivity index (χ2v) is 3.77. The SMILES string of the molecule is CC(C)Nc1ccnc(I)c1. The third-order valence-corrected chi connectivity index (χ3v) is 1.77. The molecule has 0 spiro atoms. The molecule has 0 aliphatic rings. The van der Waals surface area contributed by atoms with Gasteiger partial charge in [0.1, 0.15) is 3.70 Å². The molecular formula is C8H11IN2. The lowest BCUT2D eigenvalue weighted by Crippen LogP contribution is -2.09. The number of nitrogens with zero attached hydrogens (tertiary/aromatic N) is 1. The summed E-state index contributed by atoms with van der Waals surface area (Å²) in [7, 11) is 0. The molecule has 1 heterocycles. The van der Waals surface area contributed by atoms with Gasteiger partial charge in [0.25, 0.3) is 0 Å². The third kappa shape index (κ3) is 3.05. The number of halogens is 1. The molecule has 0 atom stereocenters. The molecule has 0 radical (unpaired) electrons. The number of rotatable bonds is 2. The van der Waals surface area contributed by atoms with E-state index in [4.69, 9.17) is 0 Å². The van der Waals surface area contributed by atoms with Crippen LogP contribution in [0.25, 0.3) is 0 Å². The van der Waals surface area contributed by atoms with Gasteiger partial charge in [0.05, 0.1) is 0 Å². The van der Waals surface area contributed by atoms with Crippen LogP contribution < -0.4 is 5.32 Å². The number of hydrogen-bond donors (Lipinski definition) is 1. The minimum absolute atomic E-state index is 0.480. The fourth-order valence-electron chi connectivity index (χ4n) is 0.826. The second-order valence-electron chi connectivity index (χ2n) is 2.67. The average molecular weight is 262 g/mol. The molecule has 1 aromatic rings. The van der Waals surface area contributed by atoms with Crippen molar-refractivity contribution in [3.8, 4) is 0 Å². The predicted octanol–water partition coefficient (Wildman–Crippen LogP) is 2.51. The fourth-order valence-corrected chi connectivity index (χ4v) is 1.32. The van der Waals surface area contributed by atoms with Crippen LogP contribution in [0.2, 0.25) is 0 Å². The van der Waals surface area contributed by atoms with Crippen molar-refractivity contribution >= 4 is 28.3 Å². The van der Waals surface area contributed by atoms with Crippen molar-refractivity contribution in [2.45, 2.75) is 19.9 Å². The minimum atomic E-state index is 0.480. The Labute approximate surface area is 80.6 Å². The van der Waals surface area contributed by atoms with E-state index < -0.39 is 0 Å².